The molecule has 0 unspecified atom stereocenters. The molecule has 10 heavy (non-hydrogen) atoms. The first-order valence-corrected chi connectivity index (χ1v) is 2.75. The van der Waals surface area contributed by atoms with E-state index in [2.05, 4.69) is 15.0 Å². The molecule has 0 bridgehead atoms. The van der Waals surface area contributed by atoms with Gasteiger partial charge in [0.05, 0.1) is 0 Å². The summed E-state index contributed by atoms with van der Waals surface area (Å²) in [6.07, 6.45) is 1.25. The lowest BCUT2D eigenvalue weighted by atomic mass is 9.98. The molecule has 0 aliphatic heterocycles. The molecule has 0 aliphatic rings. The van der Waals surface area contributed by atoms with Crippen molar-refractivity contribution in [2.75, 3.05) is 0 Å². The highest BCUT2D eigenvalue weighted by Crippen LogP contribution is 1.58. The maximum Gasteiger partial charge on any atom is 0.350 e. The molecule has 1 aromatic rings. The summed E-state index contributed by atoms with van der Waals surface area (Å²) in [6, 6.07) is 0. The summed E-state index contributed by atoms with van der Waals surface area (Å²) in [6.45, 7) is 0. The Balaban J connectivity index is 2.87. The van der Waals surface area contributed by atoms with Crippen molar-refractivity contribution in [1.82, 2.24) is 15.0 Å². The van der Waals surface area contributed by atoms with Gasteiger partial charge in [0, 0.05) is 0 Å². The molecule has 0 radical (unpaired) electrons. The molecule has 0 saturated carbocycles. The van der Waals surface area contributed by atoms with Crippen molar-refractivity contribution in [3.63, 3.8) is 0 Å². The summed E-state index contributed by atoms with van der Waals surface area (Å²) in [7, 11) is -0.453. The van der Waals surface area contributed by atoms with Crippen LogP contribution in [0.15, 0.2) is 6.33 Å². The normalized spacial score (nSPS) is 9.00. The van der Waals surface area contributed by atoms with E-state index in [1.54, 1.807) is 0 Å². The molecule has 0 aromatic carbocycles. The zero-order chi connectivity index (χ0) is 7.40. The predicted molar refractivity (Wildman–Crippen MR) is 37.8 cm³/mol. The Morgan fingerprint density at radius 2 is 1.60 bits per heavy atom. The molecule has 5 nitrogen and oxygen atoms in total. The first-order chi connectivity index (χ1) is 4.86. The van der Waals surface area contributed by atoms with Crippen LogP contribution in [0.4, 0.5) is 0 Å². The molecule has 0 spiro atoms. The maximum atomic E-state index is 8.52. The number of aromatic nitrogens is 3. The van der Waals surface area contributed by atoms with E-state index in [0.717, 1.165) is 0 Å². The molecule has 1 rings (SSSR count). The molecule has 50 valence electrons. The van der Waals surface area contributed by atoms with Gasteiger partial charge in [-0.25, -0.2) is 15.0 Å². The second-order valence-corrected chi connectivity index (χ2v) is 1.63. The Bertz CT molecular complexity index is 201. The van der Waals surface area contributed by atoms with Crippen LogP contribution in [-0.2, 0) is 0 Å². The van der Waals surface area contributed by atoms with Crippen molar-refractivity contribution >= 4 is 26.4 Å². The minimum absolute atomic E-state index is 0.227. The zero-order valence-corrected chi connectivity index (χ0v) is 5.23. The SMILES string of the molecule is OBc1ncnc(BO)n1. The Morgan fingerprint density at radius 1 is 1.10 bits per heavy atom. The lowest BCUT2D eigenvalue weighted by Gasteiger charge is -1.93. The fraction of sp³-hybridized carbons (Fsp3) is 0. The van der Waals surface area contributed by atoms with Crippen molar-refractivity contribution in [2.45, 2.75) is 0 Å². The molecule has 0 fully saturated rings. The highest BCUT2D eigenvalue weighted by molar-refractivity contribution is 6.46. The zero-order valence-electron chi connectivity index (χ0n) is 5.23. The van der Waals surface area contributed by atoms with E-state index in [1.807, 2.05) is 0 Å². The molecule has 2 N–H and O–H groups in total. The third kappa shape index (κ3) is 1.52. The van der Waals surface area contributed by atoms with Crippen molar-refractivity contribution in [3.8, 4) is 0 Å². The van der Waals surface area contributed by atoms with Crippen LogP contribution in [0, 0.1) is 0 Å². The topological polar surface area (TPSA) is 79.1 Å². The van der Waals surface area contributed by atoms with Gasteiger partial charge in [-0.15, -0.1) is 0 Å². The highest BCUT2D eigenvalue weighted by atomic mass is 16.2. The van der Waals surface area contributed by atoms with Crippen LogP contribution >= 0.6 is 0 Å². The average Bonchev–Trinajstić information content (AvgIpc) is 2.05. The molecule has 0 aliphatic carbocycles. The van der Waals surface area contributed by atoms with Crippen LogP contribution in [0.25, 0.3) is 0 Å². The predicted octanol–water partition coefficient (Wildman–Crippen LogP) is -4.19. The fourth-order valence-electron chi connectivity index (χ4n) is 0.521. The molecular formula is C3H5B2N3O2. The van der Waals surface area contributed by atoms with Gasteiger partial charge in [0.1, 0.15) is 17.8 Å². The van der Waals surface area contributed by atoms with E-state index >= 15 is 0 Å². The van der Waals surface area contributed by atoms with E-state index in [4.69, 9.17) is 10.0 Å². The number of hydrogen-bond acceptors (Lipinski definition) is 5. The molecule has 0 atom stereocenters. The fourth-order valence-corrected chi connectivity index (χ4v) is 0.521. The Kier molecular flexibility index (Phi) is 2.35. The van der Waals surface area contributed by atoms with Crippen LogP contribution in [0.3, 0.4) is 0 Å². The van der Waals surface area contributed by atoms with Gasteiger partial charge in [-0.05, 0) is 0 Å². The summed E-state index contributed by atoms with van der Waals surface area (Å²) in [4.78, 5) is 10.9. The number of rotatable bonds is 2. The minimum Gasteiger partial charge on any atom is -0.447 e. The summed E-state index contributed by atoms with van der Waals surface area (Å²) >= 11 is 0. The summed E-state index contributed by atoms with van der Waals surface area (Å²) < 4.78 is 0. The second kappa shape index (κ2) is 3.28. The van der Waals surface area contributed by atoms with Crippen LogP contribution in [0.5, 0.6) is 0 Å². The van der Waals surface area contributed by atoms with Crippen LogP contribution in [-0.4, -0.2) is 40.0 Å². The van der Waals surface area contributed by atoms with Crippen LogP contribution < -0.4 is 11.4 Å². The van der Waals surface area contributed by atoms with Crippen molar-refractivity contribution in [3.05, 3.63) is 6.33 Å². The molecule has 7 heteroatoms. The summed E-state index contributed by atoms with van der Waals surface area (Å²) in [5.41, 5.74) is 0.554. The first kappa shape index (κ1) is 7.17. The van der Waals surface area contributed by atoms with Gasteiger partial charge in [-0.3, -0.25) is 0 Å². The Labute approximate surface area is 58.7 Å². The molecule has 1 heterocycles. The molecule has 0 saturated heterocycles. The molecular weight excluding hydrogens is 132 g/mol. The number of nitrogens with zero attached hydrogens (tertiary/aromatic N) is 3. The van der Waals surface area contributed by atoms with Crippen molar-refractivity contribution in [2.24, 2.45) is 0 Å². The molecule has 0 amide bonds. The average molecular weight is 137 g/mol. The summed E-state index contributed by atoms with van der Waals surface area (Å²) in [5, 5.41) is 17.0. The van der Waals surface area contributed by atoms with Gasteiger partial charge < -0.3 is 10.0 Å². The van der Waals surface area contributed by atoms with E-state index in [-0.39, 0.29) is 26.4 Å². The Morgan fingerprint density at radius 3 is 2.00 bits per heavy atom. The van der Waals surface area contributed by atoms with Crippen molar-refractivity contribution in [1.29, 1.82) is 0 Å². The minimum atomic E-state index is -0.227. The second-order valence-electron chi connectivity index (χ2n) is 1.63. The van der Waals surface area contributed by atoms with Crippen molar-refractivity contribution < 1.29 is 10.0 Å². The van der Waals surface area contributed by atoms with Crippen LogP contribution in [0.1, 0.15) is 0 Å². The third-order valence-electron chi connectivity index (χ3n) is 0.954. The lowest BCUT2D eigenvalue weighted by molar-refractivity contribution is 0.609. The van der Waals surface area contributed by atoms with Gasteiger partial charge in [-0.2, -0.15) is 0 Å². The monoisotopic (exact) mass is 137 g/mol. The van der Waals surface area contributed by atoms with E-state index in [0.29, 0.717) is 0 Å². The van der Waals surface area contributed by atoms with Gasteiger partial charge in [-0.1, -0.05) is 0 Å². The van der Waals surface area contributed by atoms with Crippen LogP contribution in [0.2, 0.25) is 0 Å². The maximum absolute atomic E-state index is 8.52. The van der Waals surface area contributed by atoms with Gasteiger partial charge >= 0.3 is 15.0 Å². The standard InChI is InChI=1S/C3H5B2N3O2/c9-4-2-6-1-7-3(5-10)8-2/h1,4-5,9-10H. The largest absolute Gasteiger partial charge is 0.447 e. The van der Waals surface area contributed by atoms with E-state index < -0.39 is 0 Å². The van der Waals surface area contributed by atoms with Gasteiger partial charge in [0.25, 0.3) is 0 Å². The van der Waals surface area contributed by atoms with E-state index in [1.165, 1.54) is 6.33 Å². The molecule has 1 aromatic heterocycles. The van der Waals surface area contributed by atoms with Gasteiger partial charge in [0.2, 0.25) is 0 Å². The first-order valence-electron chi connectivity index (χ1n) is 2.75. The summed E-state index contributed by atoms with van der Waals surface area (Å²) in [5.74, 6) is 0. The van der Waals surface area contributed by atoms with E-state index in [9.17, 15) is 0 Å². The quantitative estimate of drug-likeness (QED) is 0.404. The highest BCUT2D eigenvalue weighted by Gasteiger charge is 1.99. The smallest absolute Gasteiger partial charge is 0.350 e. The number of hydrogen-bond donors (Lipinski definition) is 2. The lowest BCUT2D eigenvalue weighted by Crippen LogP contribution is -2.34. The van der Waals surface area contributed by atoms with Gasteiger partial charge in [0.15, 0.2) is 0 Å². The Hall–Kier alpha value is -0.940. The third-order valence-corrected chi connectivity index (χ3v) is 0.954.